The summed E-state index contributed by atoms with van der Waals surface area (Å²) in [7, 11) is 0. The fourth-order valence-electron chi connectivity index (χ4n) is 2.46. The van der Waals surface area contributed by atoms with Crippen molar-refractivity contribution >= 4 is 16.9 Å². The highest BCUT2D eigenvalue weighted by atomic mass is 19.1. The van der Waals surface area contributed by atoms with Gasteiger partial charge in [-0.3, -0.25) is 0 Å². The normalized spacial score (nSPS) is 21.7. The number of hydrogen-bond donors (Lipinski definition) is 1. The fraction of sp³-hybridized carbons (Fsp3) is 0.312. The topological polar surface area (TPSA) is 49.8 Å². The van der Waals surface area contributed by atoms with Crippen molar-refractivity contribution in [1.82, 2.24) is 4.90 Å². The van der Waals surface area contributed by atoms with E-state index in [9.17, 15) is 14.3 Å². The van der Waals surface area contributed by atoms with Crippen LogP contribution in [0.3, 0.4) is 0 Å². The van der Waals surface area contributed by atoms with Gasteiger partial charge in [-0.25, -0.2) is 9.18 Å². The molecule has 1 aliphatic heterocycles. The lowest BCUT2D eigenvalue weighted by Crippen LogP contribution is -2.30. The van der Waals surface area contributed by atoms with Crippen molar-refractivity contribution in [3.05, 3.63) is 48.0 Å². The molecule has 21 heavy (non-hydrogen) atoms. The van der Waals surface area contributed by atoms with E-state index in [1.165, 1.54) is 4.90 Å². The lowest BCUT2D eigenvalue weighted by molar-refractivity contribution is 0.0958. The third-order valence-corrected chi connectivity index (χ3v) is 3.65. The van der Waals surface area contributed by atoms with E-state index in [4.69, 9.17) is 4.74 Å². The number of alkyl halides is 1. The van der Waals surface area contributed by atoms with Crippen molar-refractivity contribution < 1.29 is 19.0 Å². The van der Waals surface area contributed by atoms with Crippen LogP contribution in [0.4, 0.5) is 9.18 Å². The Morgan fingerprint density at radius 1 is 1.24 bits per heavy atom. The quantitative estimate of drug-likeness (QED) is 0.924. The van der Waals surface area contributed by atoms with Gasteiger partial charge in [-0.1, -0.05) is 36.4 Å². The number of fused-ring (bicyclic) bond motifs is 1. The number of rotatable bonds is 2. The molecule has 3 rings (SSSR count). The van der Waals surface area contributed by atoms with Gasteiger partial charge < -0.3 is 14.7 Å². The Kier molecular flexibility index (Phi) is 3.75. The molecule has 5 heteroatoms. The molecule has 0 bridgehead atoms. The first-order valence-electron chi connectivity index (χ1n) is 6.85. The number of amides is 1. The number of halogens is 1. The zero-order chi connectivity index (χ0) is 14.8. The number of aliphatic hydroxyl groups excluding tert-OH is 1. The molecule has 0 aromatic heterocycles. The van der Waals surface area contributed by atoms with Crippen LogP contribution in [0.25, 0.3) is 10.8 Å². The molecule has 0 radical (unpaired) electrons. The van der Waals surface area contributed by atoms with Crippen molar-refractivity contribution in [2.24, 2.45) is 0 Å². The maximum atomic E-state index is 13.2. The van der Waals surface area contributed by atoms with Gasteiger partial charge in [0.05, 0.1) is 13.1 Å². The van der Waals surface area contributed by atoms with Crippen molar-refractivity contribution in [2.75, 3.05) is 13.1 Å². The van der Waals surface area contributed by atoms with Gasteiger partial charge in [0.15, 0.2) is 0 Å². The summed E-state index contributed by atoms with van der Waals surface area (Å²) in [5.74, 6) is 0. The molecule has 2 atom stereocenters. The number of carbonyl (C=O) groups is 1. The zero-order valence-electron chi connectivity index (χ0n) is 11.4. The standard InChI is InChI=1S/C16H16FNO3/c17-14-8-18(9-15(14)19)16(20)21-10-11-5-6-12-3-1-2-4-13(12)7-11/h1-7,14-15,19H,8-10H2. The Morgan fingerprint density at radius 3 is 2.71 bits per heavy atom. The van der Waals surface area contributed by atoms with Gasteiger partial charge in [0.2, 0.25) is 0 Å². The van der Waals surface area contributed by atoms with Crippen LogP contribution in [0.15, 0.2) is 42.5 Å². The Balaban J connectivity index is 1.62. The first-order chi connectivity index (χ1) is 10.1. The second-order valence-electron chi connectivity index (χ2n) is 5.22. The molecule has 2 aromatic carbocycles. The van der Waals surface area contributed by atoms with Crippen LogP contribution in [-0.2, 0) is 11.3 Å². The maximum absolute atomic E-state index is 13.2. The molecule has 2 aromatic rings. The first kappa shape index (κ1) is 13.8. The molecule has 0 spiro atoms. The van der Waals surface area contributed by atoms with Gasteiger partial charge in [0, 0.05) is 0 Å². The Morgan fingerprint density at radius 2 is 2.00 bits per heavy atom. The largest absolute Gasteiger partial charge is 0.445 e. The van der Waals surface area contributed by atoms with Gasteiger partial charge in [0.1, 0.15) is 18.9 Å². The van der Waals surface area contributed by atoms with E-state index in [1.807, 2.05) is 42.5 Å². The summed E-state index contributed by atoms with van der Waals surface area (Å²) in [6.07, 6.45) is -3.10. The minimum atomic E-state index is -1.39. The first-order valence-corrected chi connectivity index (χ1v) is 6.85. The lowest BCUT2D eigenvalue weighted by Gasteiger charge is -2.15. The molecule has 110 valence electrons. The van der Waals surface area contributed by atoms with Crippen LogP contribution < -0.4 is 0 Å². The van der Waals surface area contributed by atoms with Gasteiger partial charge >= 0.3 is 6.09 Å². The van der Waals surface area contributed by atoms with Crippen molar-refractivity contribution in [3.63, 3.8) is 0 Å². The number of nitrogens with zero attached hydrogens (tertiary/aromatic N) is 1. The molecule has 1 saturated heterocycles. The minimum absolute atomic E-state index is 0.0162. The molecule has 4 nitrogen and oxygen atoms in total. The highest BCUT2D eigenvalue weighted by molar-refractivity contribution is 5.83. The van der Waals surface area contributed by atoms with Crippen molar-refractivity contribution in [2.45, 2.75) is 18.9 Å². The molecular formula is C16H16FNO3. The molecular weight excluding hydrogens is 273 g/mol. The van der Waals surface area contributed by atoms with E-state index in [0.717, 1.165) is 16.3 Å². The van der Waals surface area contributed by atoms with Gasteiger partial charge in [-0.05, 0) is 22.4 Å². The van der Waals surface area contributed by atoms with Gasteiger partial charge in [-0.15, -0.1) is 0 Å². The summed E-state index contributed by atoms with van der Waals surface area (Å²) in [5, 5.41) is 11.5. The molecule has 2 unspecified atom stereocenters. The predicted molar refractivity (Wildman–Crippen MR) is 76.6 cm³/mol. The lowest BCUT2D eigenvalue weighted by atomic mass is 10.1. The Labute approximate surface area is 121 Å². The van der Waals surface area contributed by atoms with E-state index >= 15 is 0 Å². The molecule has 0 saturated carbocycles. The third kappa shape index (κ3) is 2.97. The number of β-amino-alcohol motifs (C(OH)–C–C–N with tert-alkyl or cyclic N) is 1. The van der Waals surface area contributed by atoms with E-state index in [0.29, 0.717) is 0 Å². The number of carbonyl (C=O) groups excluding carboxylic acids is 1. The average Bonchev–Trinajstić information content (AvgIpc) is 2.84. The van der Waals surface area contributed by atoms with Crippen molar-refractivity contribution in [1.29, 1.82) is 0 Å². The molecule has 1 aliphatic rings. The second-order valence-corrected chi connectivity index (χ2v) is 5.22. The molecule has 1 N–H and O–H groups in total. The van der Waals surface area contributed by atoms with Crippen LogP contribution in [0, 0.1) is 0 Å². The Bertz CT molecular complexity index is 651. The second kappa shape index (κ2) is 5.69. The average molecular weight is 289 g/mol. The molecule has 1 fully saturated rings. The monoisotopic (exact) mass is 289 g/mol. The predicted octanol–water partition coefficient (Wildman–Crippen LogP) is 2.49. The summed E-state index contributed by atoms with van der Waals surface area (Å²) in [5.41, 5.74) is 0.874. The number of aliphatic hydroxyl groups is 1. The highest BCUT2D eigenvalue weighted by Gasteiger charge is 2.34. The zero-order valence-corrected chi connectivity index (χ0v) is 11.4. The van der Waals surface area contributed by atoms with Crippen LogP contribution >= 0.6 is 0 Å². The number of hydrogen-bond acceptors (Lipinski definition) is 3. The summed E-state index contributed by atoms with van der Waals surface area (Å²) in [6.45, 7) is 0.00263. The number of ether oxygens (including phenoxy) is 1. The summed E-state index contributed by atoms with van der Waals surface area (Å²) >= 11 is 0. The summed E-state index contributed by atoms with van der Waals surface area (Å²) in [6, 6.07) is 13.7. The smallest absolute Gasteiger partial charge is 0.410 e. The highest BCUT2D eigenvalue weighted by Crippen LogP contribution is 2.18. The summed E-state index contributed by atoms with van der Waals surface area (Å²) < 4.78 is 18.3. The van der Waals surface area contributed by atoms with Crippen LogP contribution in [0.2, 0.25) is 0 Å². The minimum Gasteiger partial charge on any atom is -0.445 e. The summed E-state index contributed by atoms with van der Waals surface area (Å²) in [4.78, 5) is 13.0. The molecule has 0 aliphatic carbocycles. The van der Waals surface area contributed by atoms with Crippen LogP contribution in [0.5, 0.6) is 0 Å². The van der Waals surface area contributed by atoms with Crippen LogP contribution in [0.1, 0.15) is 5.56 Å². The van der Waals surface area contributed by atoms with Crippen LogP contribution in [-0.4, -0.2) is 41.5 Å². The fourth-order valence-corrected chi connectivity index (χ4v) is 2.46. The number of likely N-dealkylation sites (tertiary alicyclic amines) is 1. The Hall–Kier alpha value is -2.14. The van der Waals surface area contributed by atoms with E-state index in [1.54, 1.807) is 0 Å². The molecule has 1 heterocycles. The van der Waals surface area contributed by atoms with E-state index in [-0.39, 0.29) is 19.7 Å². The SMILES string of the molecule is O=C(OCc1ccc2ccccc2c1)N1CC(O)C(F)C1. The number of benzene rings is 2. The van der Waals surface area contributed by atoms with Crippen molar-refractivity contribution in [3.8, 4) is 0 Å². The van der Waals surface area contributed by atoms with Gasteiger partial charge in [0.25, 0.3) is 0 Å². The molecule has 1 amide bonds. The van der Waals surface area contributed by atoms with E-state index in [2.05, 4.69) is 0 Å². The van der Waals surface area contributed by atoms with Gasteiger partial charge in [-0.2, -0.15) is 0 Å². The third-order valence-electron chi connectivity index (χ3n) is 3.65. The maximum Gasteiger partial charge on any atom is 0.410 e. The van der Waals surface area contributed by atoms with E-state index < -0.39 is 18.4 Å².